The highest BCUT2D eigenvalue weighted by Crippen LogP contribution is 2.32. The van der Waals surface area contributed by atoms with Crippen LogP contribution in [0.1, 0.15) is 17.4 Å². The fourth-order valence-electron chi connectivity index (χ4n) is 1.97. The minimum absolute atomic E-state index is 0.114. The highest BCUT2D eigenvalue weighted by Gasteiger charge is 2.24. The minimum Gasteiger partial charge on any atom is -0.491 e. The number of nitrogens with zero attached hydrogens (tertiary/aromatic N) is 4. The number of hydrogen-bond donors (Lipinski definition) is 1. The van der Waals surface area contributed by atoms with E-state index in [-0.39, 0.29) is 23.9 Å². The molecule has 114 valence electrons. The summed E-state index contributed by atoms with van der Waals surface area (Å²) in [4.78, 5) is 21.0. The summed E-state index contributed by atoms with van der Waals surface area (Å²) in [6.07, 6.45) is 3.36. The molecule has 0 aliphatic carbocycles. The lowest BCUT2D eigenvalue weighted by atomic mass is 10.3. The summed E-state index contributed by atoms with van der Waals surface area (Å²) in [7, 11) is 1.32. The van der Waals surface area contributed by atoms with Gasteiger partial charge >= 0.3 is 5.97 Å². The molecule has 3 aromatic rings. The van der Waals surface area contributed by atoms with Crippen molar-refractivity contribution >= 4 is 22.1 Å². The van der Waals surface area contributed by atoms with E-state index in [1.54, 1.807) is 23.8 Å². The first-order valence-corrected chi connectivity index (χ1v) is 7.27. The zero-order valence-electron chi connectivity index (χ0n) is 11.8. The van der Waals surface area contributed by atoms with Crippen LogP contribution in [0, 0.1) is 0 Å². The van der Waals surface area contributed by atoms with E-state index in [4.69, 9.17) is 9.47 Å². The molecule has 0 atom stereocenters. The van der Waals surface area contributed by atoms with E-state index in [0.717, 1.165) is 4.83 Å². The van der Waals surface area contributed by atoms with Gasteiger partial charge in [-0.2, -0.15) is 10.1 Å². The van der Waals surface area contributed by atoms with Gasteiger partial charge in [-0.15, -0.1) is 11.3 Å². The molecule has 0 fully saturated rings. The van der Waals surface area contributed by atoms with Gasteiger partial charge in [-0.3, -0.25) is 0 Å². The maximum atomic E-state index is 12.0. The van der Waals surface area contributed by atoms with Crippen LogP contribution in [0.2, 0.25) is 0 Å². The van der Waals surface area contributed by atoms with Gasteiger partial charge in [0.25, 0.3) is 5.88 Å². The zero-order chi connectivity index (χ0) is 15.7. The summed E-state index contributed by atoms with van der Waals surface area (Å²) in [5.74, 6) is -1.05. The van der Waals surface area contributed by atoms with Gasteiger partial charge in [-0.25, -0.2) is 14.3 Å². The number of ether oxygens (including phenoxy) is 2. The lowest BCUT2D eigenvalue weighted by Crippen LogP contribution is -2.11. The average Bonchev–Trinajstić information content (AvgIpc) is 3.09. The van der Waals surface area contributed by atoms with Gasteiger partial charge in [0.1, 0.15) is 4.83 Å². The van der Waals surface area contributed by atoms with E-state index in [2.05, 4.69) is 15.1 Å². The monoisotopic (exact) mass is 320 g/mol. The third kappa shape index (κ3) is 2.25. The van der Waals surface area contributed by atoms with Crippen LogP contribution in [0.5, 0.6) is 11.6 Å². The van der Waals surface area contributed by atoms with Crippen LogP contribution in [0.15, 0.2) is 17.8 Å². The van der Waals surface area contributed by atoms with Gasteiger partial charge in [0.2, 0.25) is 5.75 Å². The van der Waals surface area contributed by atoms with Crippen molar-refractivity contribution in [1.29, 1.82) is 0 Å². The Morgan fingerprint density at radius 1 is 1.45 bits per heavy atom. The molecule has 0 bridgehead atoms. The van der Waals surface area contributed by atoms with Crippen molar-refractivity contribution in [3.8, 4) is 23.0 Å². The van der Waals surface area contributed by atoms with Gasteiger partial charge in [0, 0.05) is 11.6 Å². The fraction of sp³-hybridized carbons (Fsp3) is 0.231. The van der Waals surface area contributed by atoms with Crippen LogP contribution < -0.4 is 4.74 Å². The van der Waals surface area contributed by atoms with Gasteiger partial charge in [0.15, 0.2) is 11.5 Å². The molecule has 0 radical (unpaired) electrons. The van der Waals surface area contributed by atoms with E-state index in [1.165, 1.54) is 18.4 Å². The number of carbonyl (C=O) groups is 1. The van der Waals surface area contributed by atoms with Crippen molar-refractivity contribution < 1.29 is 19.4 Å². The standard InChI is InChI=1S/C13H12N4O4S/c1-3-21-13(19)8-9(20-2)11(18)16-10(15-8)7-6-14-17-4-5-22-12(7)17/h4-6H,3H2,1-2H3,(H,15,16,18). The Morgan fingerprint density at radius 3 is 3.00 bits per heavy atom. The second-order valence-electron chi connectivity index (χ2n) is 4.18. The molecule has 9 heteroatoms. The predicted molar refractivity (Wildman–Crippen MR) is 78.3 cm³/mol. The highest BCUT2D eigenvalue weighted by atomic mass is 32.1. The first kappa shape index (κ1) is 14.3. The van der Waals surface area contributed by atoms with E-state index in [9.17, 15) is 9.90 Å². The van der Waals surface area contributed by atoms with Gasteiger partial charge in [-0.05, 0) is 6.92 Å². The quantitative estimate of drug-likeness (QED) is 0.731. The van der Waals surface area contributed by atoms with Crippen LogP contribution in [-0.2, 0) is 4.74 Å². The Hall–Kier alpha value is -2.68. The molecule has 0 saturated heterocycles. The number of methoxy groups -OCH3 is 1. The maximum Gasteiger partial charge on any atom is 0.361 e. The van der Waals surface area contributed by atoms with Crippen molar-refractivity contribution in [2.24, 2.45) is 0 Å². The molecule has 3 heterocycles. The van der Waals surface area contributed by atoms with Crippen LogP contribution in [0.3, 0.4) is 0 Å². The molecule has 8 nitrogen and oxygen atoms in total. The van der Waals surface area contributed by atoms with Crippen molar-refractivity contribution in [3.05, 3.63) is 23.5 Å². The number of rotatable bonds is 4. The molecule has 0 spiro atoms. The van der Waals surface area contributed by atoms with Crippen LogP contribution in [-0.4, -0.2) is 44.4 Å². The molecule has 0 unspecified atom stereocenters. The summed E-state index contributed by atoms with van der Waals surface area (Å²) >= 11 is 1.45. The normalized spacial score (nSPS) is 10.8. The second-order valence-corrected chi connectivity index (χ2v) is 5.08. The van der Waals surface area contributed by atoms with Crippen LogP contribution >= 0.6 is 11.3 Å². The Kier molecular flexibility index (Phi) is 3.63. The Balaban J connectivity index is 2.17. The summed E-state index contributed by atoms with van der Waals surface area (Å²) in [5.41, 5.74) is 0.487. The minimum atomic E-state index is -0.687. The second kappa shape index (κ2) is 5.60. The molecule has 1 N–H and O–H groups in total. The molecule has 0 aromatic carbocycles. The Morgan fingerprint density at radius 2 is 2.27 bits per heavy atom. The maximum absolute atomic E-state index is 12.0. The smallest absolute Gasteiger partial charge is 0.361 e. The molecule has 0 aliphatic heterocycles. The Bertz CT molecular complexity index is 842. The number of carbonyl (C=O) groups excluding carboxylic acids is 1. The highest BCUT2D eigenvalue weighted by molar-refractivity contribution is 7.16. The third-order valence-electron chi connectivity index (χ3n) is 2.89. The molecule has 22 heavy (non-hydrogen) atoms. The third-order valence-corrected chi connectivity index (χ3v) is 3.78. The number of hydrogen-bond acceptors (Lipinski definition) is 8. The largest absolute Gasteiger partial charge is 0.491 e. The lowest BCUT2D eigenvalue weighted by Gasteiger charge is -2.09. The Labute approximate surface area is 129 Å². The SMILES string of the molecule is CCOC(=O)c1nc(-c2cnn3ccsc23)nc(O)c1OC. The van der Waals surface area contributed by atoms with Crippen molar-refractivity contribution in [2.45, 2.75) is 6.92 Å². The van der Waals surface area contributed by atoms with Gasteiger partial charge in [-0.1, -0.05) is 0 Å². The molecular formula is C13H12N4O4S. The molecule has 3 aromatic heterocycles. The van der Waals surface area contributed by atoms with Gasteiger partial charge < -0.3 is 14.6 Å². The van der Waals surface area contributed by atoms with Crippen LogP contribution in [0.25, 0.3) is 16.2 Å². The molecule has 0 amide bonds. The molecule has 0 aliphatic rings. The first-order chi connectivity index (χ1) is 10.7. The van der Waals surface area contributed by atoms with E-state index >= 15 is 0 Å². The fourth-order valence-corrected chi connectivity index (χ4v) is 2.76. The van der Waals surface area contributed by atoms with Gasteiger partial charge in [0.05, 0.1) is 25.5 Å². The topological polar surface area (TPSA) is 98.8 Å². The van der Waals surface area contributed by atoms with Crippen molar-refractivity contribution in [3.63, 3.8) is 0 Å². The van der Waals surface area contributed by atoms with Crippen molar-refractivity contribution in [1.82, 2.24) is 19.6 Å². The number of aromatic nitrogens is 4. The lowest BCUT2D eigenvalue weighted by molar-refractivity contribution is 0.0514. The number of thiazole rings is 1. The summed E-state index contributed by atoms with van der Waals surface area (Å²) in [6.45, 7) is 1.87. The van der Waals surface area contributed by atoms with E-state index in [1.807, 2.05) is 5.38 Å². The summed E-state index contributed by atoms with van der Waals surface area (Å²) in [6, 6.07) is 0. The summed E-state index contributed by atoms with van der Waals surface area (Å²) in [5, 5.41) is 16.0. The first-order valence-electron chi connectivity index (χ1n) is 6.39. The van der Waals surface area contributed by atoms with E-state index in [0.29, 0.717) is 5.56 Å². The summed E-state index contributed by atoms with van der Waals surface area (Å²) < 4.78 is 11.6. The van der Waals surface area contributed by atoms with Crippen LogP contribution in [0.4, 0.5) is 0 Å². The van der Waals surface area contributed by atoms with E-state index < -0.39 is 11.8 Å². The molecule has 3 rings (SSSR count). The zero-order valence-corrected chi connectivity index (χ0v) is 12.6. The van der Waals surface area contributed by atoms with Crippen molar-refractivity contribution in [2.75, 3.05) is 13.7 Å². The number of aromatic hydroxyl groups is 1. The molecular weight excluding hydrogens is 308 g/mol. The number of esters is 1. The number of fused-ring (bicyclic) bond motifs is 1. The average molecular weight is 320 g/mol. The molecule has 0 saturated carbocycles. The predicted octanol–water partition coefficient (Wildman–Crippen LogP) is 1.74.